The molecular formula is C13H14FN3O. The molecule has 0 atom stereocenters. The van der Waals surface area contributed by atoms with Gasteiger partial charge in [-0.05, 0) is 24.1 Å². The minimum atomic E-state index is -0.305. The first kappa shape index (κ1) is 12.3. The molecule has 2 aromatic rings. The number of aromatic nitrogens is 2. The fraction of sp³-hybridized carbons (Fsp3) is 0.231. The van der Waals surface area contributed by atoms with Crippen LogP contribution in [0.25, 0.3) is 0 Å². The van der Waals surface area contributed by atoms with Crippen LogP contribution >= 0.6 is 0 Å². The van der Waals surface area contributed by atoms with E-state index in [9.17, 15) is 9.18 Å². The SMILES string of the molecule is CCc1cn[nH]c1NC(=O)Cc1ccc(F)cc1. The molecule has 1 aromatic heterocycles. The average Bonchev–Trinajstić information content (AvgIpc) is 2.79. The summed E-state index contributed by atoms with van der Waals surface area (Å²) in [7, 11) is 0. The van der Waals surface area contributed by atoms with Gasteiger partial charge in [0.2, 0.25) is 5.91 Å². The van der Waals surface area contributed by atoms with Gasteiger partial charge in [-0.25, -0.2) is 4.39 Å². The van der Waals surface area contributed by atoms with E-state index in [1.807, 2.05) is 6.92 Å². The Bertz CT molecular complexity index is 533. The largest absolute Gasteiger partial charge is 0.311 e. The molecule has 1 amide bonds. The molecule has 1 aromatic carbocycles. The second-order valence-electron chi connectivity index (χ2n) is 3.98. The van der Waals surface area contributed by atoms with Crippen LogP contribution in [0.4, 0.5) is 10.2 Å². The molecular weight excluding hydrogens is 233 g/mol. The average molecular weight is 247 g/mol. The molecule has 2 rings (SSSR count). The molecule has 2 N–H and O–H groups in total. The van der Waals surface area contributed by atoms with E-state index >= 15 is 0 Å². The Balaban J connectivity index is 1.99. The van der Waals surface area contributed by atoms with Gasteiger partial charge in [-0.1, -0.05) is 19.1 Å². The van der Waals surface area contributed by atoms with Crippen molar-refractivity contribution >= 4 is 11.7 Å². The molecule has 0 fully saturated rings. The van der Waals surface area contributed by atoms with Crippen molar-refractivity contribution in [2.75, 3.05) is 5.32 Å². The maximum absolute atomic E-state index is 12.7. The Morgan fingerprint density at radius 2 is 2.11 bits per heavy atom. The molecule has 0 saturated heterocycles. The highest BCUT2D eigenvalue weighted by atomic mass is 19.1. The second kappa shape index (κ2) is 5.44. The highest BCUT2D eigenvalue weighted by molar-refractivity contribution is 5.91. The van der Waals surface area contributed by atoms with E-state index in [0.717, 1.165) is 17.5 Å². The zero-order chi connectivity index (χ0) is 13.0. The third-order valence-electron chi connectivity index (χ3n) is 2.64. The van der Waals surface area contributed by atoms with Crippen molar-refractivity contribution in [2.45, 2.75) is 19.8 Å². The van der Waals surface area contributed by atoms with Gasteiger partial charge < -0.3 is 5.32 Å². The van der Waals surface area contributed by atoms with Crippen molar-refractivity contribution in [3.63, 3.8) is 0 Å². The quantitative estimate of drug-likeness (QED) is 0.870. The summed E-state index contributed by atoms with van der Waals surface area (Å²) in [6, 6.07) is 5.89. The standard InChI is InChI=1S/C13H14FN3O/c1-2-10-8-15-17-13(10)16-12(18)7-9-3-5-11(14)6-4-9/h3-6,8H,2,7H2,1H3,(H2,15,16,17,18). The van der Waals surface area contributed by atoms with Crippen LogP contribution in [0.3, 0.4) is 0 Å². The normalized spacial score (nSPS) is 10.3. The summed E-state index contributed by atoms with van der Waals surface area (Å²) in [5.41, 5.74) is 1.73. The lowest BCUT2D eigenvalue weighted by atomic mass is 10.1. The number of anilines is 1. The lowest BCUT2D eigenvalue weighted by Gasteiger charge is -2.04. The summed E-state index contributed by atoms with van der Waals surface area (Å²) in [5, 5.41) is 9.37. The number of carbonyl (C=O) groups excluding carboxylic acids is 1. The Morgan fingerprint density at radius 1 is 1.39 bits per heavy atom. The molecule has 18 heavy (non-hydrogen) atoms. The predicted octanol–water partition coefficient (Wildman–Crippen LogP) is 2.29. The number of halogens is 1. The number of aryl methyl sites for hydroxylation is 1. The molecule has 0 saturated carbocycles. The third kappa shape index (κ3) is 2.94. The number of amides is 1. The topological polar surface area (TPSA) is 57.8 Å². The summed E-state index contributed by atoms with van der Waals surface area (Å²) in [5.74, 6) is 0.172. The van der Waals surface area contributed by atoms with Gasteiger partial charge in [-0.3, -0.25) is 9.89 Å². The second-order valence-corrected chi connectivity index (χ2v) is 3.98. The highest BCUT2D eigenvalue weighted by Gasteiger charge is 2.08. The van der Waals surface area contributed by atoms with Crippen LogP contribution in [-0.4, -0.2) is 16.1 Å². The molecule has 0 radical (unpaired) electrons. The summed E-state index contributed by atoms with van der Waals surface area (Å²) >= 11 is 0. The van der Waals surface area contributed by atoms with E-state index in [2.05, 4.69) is 15.5 Å². The lowest BCUT2D eigenvalue weighted by molar-refractivity contribution is -0.115. The number of carbonyl (C=O) groups is 1. The molecule has 0 bridgehead atoms. The van der Waals surface area contributed by atoms with Crippen molar-refractivity contribution in [3.05, 3.63) is 47.4 Å². The smallest absolute Gasteiger partial charge is 0.229 e. The first-order valence-corrected chi connectivity index (χ1v) is 5.75. The van der Waals surface area contributed by atoms with Gasteiger partial charge in [0, 0.05) is 5.56 Å². The van der Waals surface area contributed by atoms with Gasteiger partial charge in [-0.15, -0.1) is 0 Å². The van der Waals surface area contributed by atoms with Gasteiger partial charge in [0.1, 0.15) is 11.6 Å². The first-order chi connectivity index (χ1) is 8.69. The Kier molecular flexibility index (Phi) is 3.72. The first-order valence-electron chi connectivity index (χ1n) is 5.75. The number of aromatic amines is 1. The fourth-order valence-electron chi connectivity index (χ4n) is 1.66. The molecule has 1 heterocycles. The van der Waals surface area contributed by atoms with Crippen molar-refractivity contribution in [2.24, 2.45) is 0 Å². The van der Waals surface area contributed by atoms with E-state index in [4.69, 9.17) is 0 Å². The van der Waals surface area contributed by atoms with E-state index in [1.54, 1.807) is 18.3 Å². The van der Waals surface area contributed by atoms with Crippen LogP contribution in [0.15, 0.2) is 30.5 Å². The third-order valence-corrected chi connectivity index (χ3v) is 2.64. The zero-order valence-electron chi connectivity index (χ0n) is 10.0. The Labute approximate surface area is 104 Å². The maximum atomic E-state index is 12.7. The van der Waals surface area contributed by atoms with E-state index in [-0.39, 0.29) is 18.1 Å². The molecule has 0 aliphatic rings. The zero-order valence-corrected chi connectivity index (χ0v) is 10.0. The maximum Gasteiger partial charge on any atom is 0.229 e. The Hall–Kier alpha value is -2.17. The van der Waals surface area contributed by atoms with Crippen LogP contribution < -0.4 is 5.32 Å². The number of rotatable bonds is 4. The van der Waals surface area contributed by atoms with Crippen LogP contribution in [0.5, 0.6) is 0 Å². The van der Waals surface area contributed by atoms with E-state index in [1.165, 1.54) is 12.1 Å². The van der Waals surface area contributed by atoms with Crippen molar-refractivity contribution < 1.29 is 9.18 Å². The summed E-state index contributed by atoms with van der Waals surface area (Å²) < 4.78 is 12.7. The minimum absolute atomic E-state index is 0.152. The number of nitrogens with zero attached hydrogens (tertiary/aromatic N) is 1. The molecule has 0 spiro atoms. The summed E-state index contributed by atoms with van der Waals surface area (Å²) in [6.07, 6.45) is 2.69. The van der Waals surface area contributed by atoms with Gasteiger partial charge in [-0.2, -0.15) is 5.10 Å². The number of hydrogen-bond acceptors (Lipinski definition) is 2. The summed E-state index contributed by atoms with van der Waals surface area (Å²) in [6.45, 7) is 1.99. The van der Waals surface area contributed by atoms with Crippen LogP contribution in [0, 0.1) is 5.82 Å². The molecule has 4 nitrogen and oxygen atoms in total. The lowest BCUT2D eigenvalue weighted by Crippen LogP contribution is -2.15. The fourth-order valence-corrected chi connectivity index (χ4v) is 1.66. The Morgan fingerprint density at radius 3 is 2.78 bits per heavy atom. The molecule has 5 heteroatoms. The van der Waals surface area contributed by atoms with Crippen LogP contribution in [0.1, 0.15) is 18.1 Å². The number of hydrogen-bond donors (Lipinski definition) is 2. The van der Waals surface area contributed by atoms with Crippen LogP contribution in [0.2, 0.25) is 0 Å². The van der Waals surface area contributed by atoms with Crippen molar-refractivity contribution in [3.8, 4) is 0 Å². The molecule has 0 aliphatic heterocycles. The van der Waals surface area contributed by atoms with E-state index in [0.29, 0.717) is 5.82 Å². The number of nitrogens with one attached hydrogen (secondary N) is 2. The molecule has 0 aliphatic carbocycles. The van der Waals surface area contributed by atoms with Crippen LogP contribution in [-0.2, 0) is 17.6 Å². The van der Waals surface area contributed by atoms with Gasteiger partial charge in [0.15, 0.2) is 0 Å². The number of benzene rings is 1. The van der Waals surface area contributed by atoms with Crippen molar-refractivity contribution in [1.29, 1.82) is 0 Å². The van der Waals surface area contributed by atoms with E-state index < -0.39 is 0 Å². The molecule has 0 unspecified atom stereocenters. The minimum Gasteiger partial charge on any atom is -0.311 e. The summed E-state index contributed by atoms with van der Waals surface area (Å²) in [4.78, 5) is 11.8. The van der Waals surface area contributed by atoms with Gasteiger partial charge in [0.25, 0.3) is 0 Å². The van der Waals surface area contributed by atoms with Gasteiger partial charge >= 0.3 is 0 Å². The monoisotopic (exact) mass is 247 g/mol. The van der Waals surface area contributed by atoms with Crippen molar-refractivity contribution in [1.82, 2.24) is 10.2 Å². The predicted molar refractivity (Wildman–Crippen MR) is 66.7 cm³/mol. The van der Waals surface area contributed by atoms with Gasteiger partial charge in [0.05, 0.1) is 12.6 Å². The molecule has 94 valence electrons. The number of H-pyrrole nitrogens is 1. The highest BCUT2D eigenvalue weighted by Crippen LogP contribution is 2.12.